The third-order valence-corrected chi connectivity index (χ3v) is 2.24. The smallest absolute Gasteiger partial charge is 0.244 e. The molecule has 1 heterocycles. The maximum atomic E-state index is 8.61. The monoisotopic (exact) mass is 224 g/mol. The van der Waals surface area contributed by atoms with Gasteiger partial charge in [-0.2, -0.15) is 0 Å². The van der Waals surface area contributed by atoms with Crippen molar-refractivity contribution in [3.63, 3.8) is 0 Å². The fourth-order valence-electron chi connectivity index (χ4n) is 0.957. The molecule has 1 rings (SSSR count). The Morgan fingerprint density at radius 1 is 1.50 bits per heavy atom. The molecule has 6 nitrogen and oxygen atoms in total. The minimum Gasteiger partial charge on any atom is -0.470 e. The standard InChI is InChI=1S/C10H16N4O2/c1-4-10(2,3)16-9-7(8(11)14-15)12-5-6-13-9/h5-6,15H,4H2,1-3H3,(H2,11,14). The van der Waals surface area contributed by atoms with Crippen LogP contribution in [0.1, 0.15) is 32.9 Å². The van der Waals surface area contributed by atoms with Crippen LogP contribution >= 0.6 is 0 Å². The molecule has 88 valence electrons. The number of aromatic nitrogens is 2. The van der Waals surface area contributed by atoms with Crippen molar-refractivity contribution >= 4 is 5.84 Å². The van der Waals surface area contributed by atoms with Gasteiger partial charge in [0, 0.05) is 12.4 Å². The maximum Gasteiger partial charge on any atom is 0.244 e. The second kappa shape index (κ2) is 4.78. The molecule has 0 aliphatic carbocycles. The molecule has 1 aromatic heterocycles. The Labute approximate surface area is 94.2 Å². The second-order valence-corrected chi connectivity index (χ2v) is 3.91. The molecule has 0 atom stereocenters. The van der Waals surface area contributed by atoms with Crippen molar-refractivity contribution in [3.05, 3.63) is 18.1 Å². The summed E-state index contributed by atoms with van der Waals surface area (Å²) in [6.45, 7) is 5.86. The average molecular weight is 224 g/mol. The van der Waals surface area contributed by atoms with Gasteiger partial charge in [-0.3, -0.25) is 0 Å². The summed E-state index contributed by atoms with van der Waals surface area (Å²) in [5.41, 5.74) is 5.34. The summed E-state index contributed by atoms with van der Waals surface area (Å²) < 4.78 is 5.66. The van der Waals surface area contributed by atoms with E-state index in [0.717, 1.165) is 6.42 Å². The zero-order chi connectivity index (χ0) is 12.2. The van der Waals surface area contributed by atoms with Crippen LogP contribution in [0, 0.1) is 0 Å². The molecule has 0 aromatic carbocycles. The Morgan fingerprint density at radius 2 is 2.12 bits per heavy atom. The molecule has 6 heteroatoms. The SMILES string of the molecule is CCC(C)(C)Oc1nccnc1C(N)=NO. The number of ether oxygens (including phenoxy) is 1. The molecule has 0 fully saturated rings. The lowest BCUT2D eigenvalue weighted by molar-refractivity contribution is 0.0980. The summed E-state index contributed by atoms with van der Waals surface area (Å²) in [4.78, 5) is 7.99. The topological polar surface area (TPSA) is 93.6 Å². The molecular formula is C10H16N4O2. The Bertz CT molecular complexity index is 390. The summed E-state index contributed by atoms with van der Waals surface area (Å²) in [5, 5.41) is 11.5. The van der Waals surface area contributed by atoms with Crippen LogP contribution in [-0.2, 0) is 0 Å². The zero-order valence-electron chi connectivity index (χ0n) is 9.64. The van der Waals surface area contributed by atoms with Gasteiger partial charge in [-0.05, 0) is 20.3 Å². The Kier molecular flexibility index (Phi) is 3.65. The van der Waals surface area contributed by atoms with Crippen molar-refractivity contribution in [1.29, 1.82) is 0 Å². The van der Waals surface area contributed by atoms with Crippen molar-refractivity contribution in [3.8, 4) is 5.88 Å². The number of amidine groups is 1. The average Bonchev–Trinajstić information content (AvgIpc) is 2.28. The van der Waals surface area contributed by atoms with Gasteiger partial charge < -0.3 is 15.7 Å². The van der Waals surface area contributed by atoms with Crippen LogP contribution in [0.3, 0.4) is 0 Å². The second-order valence-electron chi connectivity index (χ2n) is 3.91. The van der Waals surface area contributed by atoms with Crippen LogP contribution in [0.4, 0.5) is 0 Å². The van der Waals surface area contributed by atoms with Crippen LogP contribution in [0.25, 0.3) is 0 Å². The fourth-order valence-corrected chi connectivity index (χ4v) is 0.957. The summed E-state index contributed by atoms with van der Waals surface area (Å²) >= 11 is 0. The normalized spacial score (nSPS) is 12.6. The van der Waals surface area contributed by atoms with Crippen LogP contribution in [0.15, 0.2) is 17.5 Å². The quantitative estimate of drug-likeness (QED) is 0.346. The molecule has 0 bridgehead atoms. The first-order chi connectivity index (χ1) is 7.50. The van der Waals surface area contributed by atoms with E-state index in [1.165, 1.54) is 12.4 Å². The first-order valence-corrected chi connectivity index (χ1v) is 4.98. The van der Waals surface area contributed by atoms with E-state index in [2.05, 4.69) is 15.1 Å². The molecule has 0 aliphatic heterocycles. The van der Waals surface area contributed by atoms with Crippen LogP contribution in [0.5, 0.6) is 5.88 Å². The van der Waals surface area contributed by atoms with Crippen LogP contribution < -0.4 is 10.5 Å². The Hall–Kier alpha value is -1.85. The summed E-state index contributed by atoms with van der Waals surface area (Å²) in [6, 6.07) is 0. The zero-order valence-corrected chi connectivity index (χ0v) is 9.64. The number of hydrogen-bond acceptors (Lipinski definition) is 5. The lowest BCUT2D eigenvalue weighted by Crippen LogP contribution is -2.29. The van der Waals surface area contributed by atoms with Gasteiger partial charge in [0.15, 0.2) is 11.5 Å². The van der Waals surface area contributed by atoms with E-state index in [1.54, 1.807) is 0 Å². The first kappa shape index (κ1) is 12.2. The predicted octanol–water partition coefficient (Wildman–Crippen LogP) is 1.14. The minimum absolute atomic E-state index is 0.116. The third-order valence-electron chi connectivity index (χ3n) is 2.24. The van der Waals surface area contributed by atoms with Gasteiger partial charge >= 0.3 is 0 Å². The van der Waals surface area contributed by atoms with E-state index in [9.17, 15) is 0 Å². The lowest BCUT2D eigenvalue weighted by atomic mass is 10.1. The summed E-state index contributed by atoms with van der Waals surface area (Å²) in [6.07, 6.45) is 3.76. The molecule has 0 spiro atoms. The van der Waals surface area contributed by atoms with E-state index in [1.807, 2.05) is 20.8 Å². The number of hydrogen-bond donors (Lipinski definition) is 2. The molecule has 0 radical (unpaired) electrons. The number of nitrogens with two attached hydrogens (primary N) is 1. The van der Waals surface area contributed by atoms with Crippen LogP contribution in [-0.4, -0.2) is 26.6 Å². The largest absolute Gasteiger partial charge is 0.470 e. The van der Waals surface area contributed by atoms with E-state index in [4.69, 9.17) is 15.7 Å². The van der Waals surface area contributed by atoms with E-state index >= 15 is 0 Å². The Balaban J connectivity index is 3.05. The molecule has 0 unspecified atom stereocenters. The van der Waals surface area contributed by atoms with Gasteiger partial charge in [-0.1, -0.05) is 12.1 Å². The first-order valence-electron chi connectivity index (χ1n) is 4.98. The highest BCUT2D eigenvalue weighted by Crippen LogP contribution is 2.20. The van der Waals surface area contributed by atoms with E-state index < -0.39 is 0 Å². The fraction of sp³-hybridized carbons (Fsp3) is 0.500. The molecule has 0 amide bonds. The molecule has 0 saturated heterocycles. The number of oxime groups is 1. The number of nitrogens with zero attached hydrogens (tertiary/aromatic N) is 3. The summed E-state index contributed by atoms with van der Waals surface area (Å²) in [5.74, 6) is 0.152. The lowest BCUT2D eigenvalue weighted by Gasteiger charge is -2.24. The number of rotatable bonds is 4. The third kappa shape index (κ3) is 2.82. The van der Waals surface area contributed by atoms with Gasteiger partial charge in [0.25, 0.3) is 0 Å². The molecular weight excluding hydrogens is 208 g/mol. The highest BCUT2D eigenvalue weighted by atomic mass is 16.5. The van der Waals surface area contributed by atoms with Gasteiger partial charge in [-0.25, -0.2) is 9.97 Å². The van der Waals surface area contributed by atoms with Crippen LogP contribution in [0.2, 0.25) is 0 Å². The molecule has 1 aromatic rings. The highest BCUT2D eigenvalue weighted by molar-refractivity contribution is 5.97. The van der Waals surface area contributed by atoms with Crippen molar-refractivity contribution in [2.45, 2.75) is 32.8 Å². The molecule has 16 heavy (non-hydrogen) atoms. The van der Waals surface area contributed by atoms with Crippen molar-refractivity contribution in [2.75, 3.05) is 0 Å². The molecule has 0 aliphatic rings. The molecule has 3 N–H and O–H groups in total. The minimum atomic E-state index is -0.374. The maximum absolute atomic E-state index is 8.61. The van der Waals surface area contributed by atoms with Crippen molar-refractivity contribution in [1.82, 2.24) is 9.97 Å². The summed E-state index contributed by atoms with van der Waals surface area (Å²) in [7, 11) is 0. The van der Waals surface area contributed by atoms with Crippen molar-refractivity contribution < 1.29 is 9.94 Å². The van der Waals surface area contributed by atoms with Crippen molar-refractivity contribution in [2.24, 2.45) is 10.9 Å². The van der Waals surface area contributed by atoms with Gasteiger partial charge in [-0.15, -0.1) is 0 Å². The van der Waals surface area contributed by atoms with E-state index in [-0.39, 0.29) is 23.0 Å². The predicted molar refractivity (Wildman–Crippen MR) is 59.5 cm³/mol. The van der Waals surface area contributed by atoms with Gasteiger partial charge in [0.1, 0.15) is 5.60 Å². The highest BCUT2D eigenvalue weighted by Gasteiger charge is 2.21. The van der Waals surface area contributed by atoms with E-state index in [0.29, 0.717) is 0 Å². The Morgan fingerprint density at radius 3 is 2.69 bits per heavy atom. The molecule has 0 saturated carbocycles. The van der Waals surface area contributed by atoms with Gasteiger partial charge in [0.05, 0.1) is 0 Å². The van der Waals surface area contributed by atoms with Gasteiger partial charge in [0.2, 0.25) is 5.88 Å².